The second-order valence-corrected chi connectivity index (χ2v) is 5.75. The first-order valence-corrected chi connectivity index (χ1v) is 7.61. The number of anilines is 2. The summed E-state index contributed by atoms with van der Waals surface area (Å²) >= 11 is 0. The van der Waals surface area contributed by atoms with Gasteiger partial charge in [0, 0.05) is 24.0 Å². The molecule has 1 amide bonds. The van der Waals surface area contributed by atoms with Gasteiger partial charge in [-0.25, -0.2) is 0 Å². The van der Waals surface area contributed by atoms with Gasteiger partial charge < -0.3 is 16.2 Å². The van der Waals surface area contributed by atoms with Crippen molar-refractivity contribution in [3.05, 3.63) is 23.8 Å². The van der Waals surface area contributed by atoms with Crippen molar-refractivity contribution >= 4 is 17.3 Å². The SMILES string of the molecule is Cc1cc(N)ccc1NC(=O)CN(CCO)C1CCCC1. The summed E-state index contributed by atoms with van der Waals surface area (Å²) in [5, 5.41) is 12.1. The summed E-state index contributed by atoms with van der Waals surface area (Å²) in [6.45, 7) is 2.90. The predicted octanol–water partition coefficient (Wildman–Crippen LogP) is 1.75. The normalized spacial score (nSPS) is 15.6. The first-order chi connectivity index (χ1) is 10.1. The lowest BCUT2D eigenvalue weighted by Gasteiger charge is -2.27. The van der Waals surface area contributed by atoms with Crippen LogP contribution in [0.5, 0.6) is 0 Å². The van der Waals surface area contributed by atoms with Crippen LogP contribution in [0, 0.1) is 6.92 Å². The van der Waals surface area contributed by atoms with E-state index in [1.807, 2.05) is 19.1 Å². The molecule has 0 bridgehead atoms. The molecule has 0 atom stereocenters. The van der Waals surface area contributed by atoms with E-state index < -0.39 is 0 Å². The molecule has 0 aliphatic heterocycles. The molecule has 116 valence electrons. The number of nitrogens with one attached hydrogen (secondary N) is 1. The van der Waals surface area contributed by atoms with Gasteiger partial charge in [0.25, 0.3) is 0 Å². The van der Waals surface area contributed by atoms with Crippen LogP contribution in [0.25, 0.3) is 0 Å². The minimum atomic E-state index is -0.0387. The Morgan fingerprint density at radius 3 is 2.76 bits per heavy atom. The molecule has 1 fully saturated rings. The minimum absolute atomic E-state index is 0.0387. The number of benzene rings is 1. The number of aliphatic hydroxyl groups excluding tert-OH is 1. The van der Waals surface area contributed by atoms with E-state index in [0.29, 0.717) is 24.8 Å². The van der Waals surface area contributed by atoms with Gasteiger partial charge >= 0.3 is 0 Å². The summed E-state index contributed by atoms with van der Waals surface area (Å²) in [6, 6.07) is 5.88. The monoisotopic (exact) mass is 291 g/mol. The molecule has 5 nitrogen and oxygen atoms in total. The minimum Gasteiger partial charge on any atom is -0.399 e. The van der Waals surface area contributed by atoms with Crippen LogP contribution < -0.4 is 11.1 Å². The number of nitrogen functional groups attached to an aromatic ring is 1. The van der Waals surface area contributed by atoms with Crippen LogP contribution in [0.2, 0.25) is 0 Å². The lowest BCUT2D eigenvalue weighted by Crippen LogP contribution is -2.41. The zero-order valence-electron chi connectivity index (χ0n) is 12.6. The molecule has 4 N–H and O–H groups in total. The third kappa shape index (κ3) is 4.44. The summed E-state index contributed by atoms with van der Waals surface area (Å²) in [6.07, 6.45) is 4.67. The Hall–Kier alpha value is -1.59. The molecule has 0 radical (unpaired) electrons. The van der Waals surface area contributed by atoms with Gasteiger partial charge in [-0.1, -0.05) is 12.8 Å². The summed E-state index contributed by atoms with van der Waals surface area (Å²) < 4.78 is 0. The van der Waals surface area contributed by atoms with Crippen LogP contribution in [-0.2, 0) is 4.79 Å². The fourth-order valence-corrected chi connectivity index (χ4v) is 2.99. The van der Waals surface area contributed by atoms with Gasteiger partial charge in [0.1, 0.15) is 0 Å². The van der Waals surface area contributed by atoms with Crippen molar-refractivity contribution in [1.82, 2.24) is 4.90 Å². The predicted molar refractivity (Wildman–Crippen MR) is 85.1 cm³/mol. The first kappa shape index (κ1) is 15.8. The number of aryl methyl sites for hydroxylation is 1. The van der Waals surface area contributed by atoms with Crippen LogP contribution in [-0.4, -0.2) is 41.7 Å². The van der Waals surface area contributed by atoms with E-state index in [1.165, 1.54) is 12.8 Å². The standard InChI is InChI=1S/C16H25N3O2/c1-12-10-13(17)6-7-15(12)18-16(21)11-19(8-9-20)14-4-2-3-5-14/h6-7,10,14,20H,2-5,8-9,11,17H2,1H3,(H,18,21). The summed E-state index contributed by atoms with van der Waals surface area (Å²) in [5.74, 6) is -0.0387. The van der Waals surface area contributed by atoms with E-state index >= 15 is 0 Å². The van der Waals surface area contributed by atoms with E-state index in [2.05, 4.69) is 10.2 Å². The van der Waals surface area contributed by atoms with Gasteiger partial charge in [0.2, 0.25) is 5.91 Å². The van der Waals surface area contributed by atoms with E-state index in [-0.39, 0.29) is 12.5 Å². The highest BCUT2D eigenvalue weighted by Crippen LogP contribution is 2.23. The molecule has 1 aliphatic carbocycles. The topological polar surface area (TPSA) is 78.6 Å². The van der Waals surface area contributed by atoms with E-state index in [0.717, 1.165) is 24.1 Å². The molecule has 21 heavy (non-hydrogen) atoms. The second kappa shape index (κ2) is 7.43. The molecule has 0 heterocycles. The third-order valence-electron chi connectivity index (χ3n) is 4.10. The number of hydrogen-bond donors (Lipinski definition) is 3. The Balaban J connectivity index is 1.95. The molecular weight excluding hydrogens is 266 g/mol. The summed E-state index contributed by atoms with van der Waals surface area (Å²) in [7, 11) is 0. The second-order valence-electron chi connectivity index (χ2n) is 5.75. The third-order valence-corrected chi connectivity index (χ3v) is 4.10. The number of rotatable bonds is 6. The fourth-order valence-electron chi connectivity index (χ4n) is 2.99. The van der Waals surface area contributed by atoms with Crippen LogP contribution >= 0.6 is 0 Å². The Bertz CT molecular complexity index is 484. The number of nitrogens with zero attached hydrogens (tertiary/aromatic N) is 1. The Morgan fingerprint density at radius 1 is 1.43 bits per heavy atom. The number of hydrogen-bond acceptors (Lipinski definition) is 4. The van der Waals surface area contributed by atoms with Crippen molar-refractivity contribution in [1.29, 1.82) is 0 Å². The van der Waals surface area contributed by atoms with Crippen molar-refractivity contribution in [3.8, 4) is 0 Å². The molecule has 0 unspecified atom stereocenters. The molecule has 1 aromatic rings. The van der Waals surface area contributed by atoms with Crippen molar-refractivity contribution in [2.75, 3.05) is 30.7 Å². The fraction of sp³-hybridized carbons (Fsp3) is 0.562. The number of aliphatic hydroxyl groups is 1. The van der Waals surface area contributed by atoms with Crippen LogP contribution in [0.15, 0.2) is 18.2 Å². The average Bonchev–Trinajstić information content (AvgIpc) is 2.95. The van der Waals surface area contributed by atoms with Gasteiger partial charge in [0.15, 0.2) is 0 Å². The largest absolute Gasteiger partial charge is 0.399 e. The Kier molecular flexibility index (Phi) is 5.59. The zero-order chi connectivity index (χ0) is 15.2. The maximum atomic E-state index is 12.2. The Morgan fingerprint density at radius 2 is 2.14 bits per heavy atom. The van der Waals surface area contributed by atoms with E-state index in [1.54, 1.807) is 6.07 Å². The van der Waals surface area contributed by atoms with E-state index in [9.17, 15) is 9.90 Å². The van der Waals surface area contributed by atoms with Crippen molar-refractivity contribution in [2.24, 2.45) is 0 Å². The molecular formula is C16H25N3O2. The summed E-state index contributed by atoms with van der Waals surface area (Å²) in [5.41, 5.74) is 8.16. The van der Waals surface area contributed by atoms with Crippen molar-refractivity contribution < 1.29 is 9.90 Å². The maximum Gasteiger partial charge on any atom is 0.238 e. The molecule has 0 aromatic heterocycles. The smallest absolute Gasteiger partial charge is 0.238 e. The van der Waals surface area contributed by atoms with Gasteiger partial charge in [-0.3, -0.25) is 9.69 Å². The van der Waals surface area contributed by atoms with Gasteiger partial charge in [-0.15, -0.1) is 0 Å². The number of nitrogens with two attached hydrogens (primary N) is 1. The molecule has 1 aromatic carbocycles. The molecule has 1 saturated carbocycles. The molecule has 5 heteroatoms. The number of amides is 1. The molecule has 0 saturated heterocycles. The lowest BCUT2D eigenvalue weighted by atomic mass is 10.1. The van der Waals surface area contributed by atoms with Crippen molar-refractivity contribution in [3.63, 3.8) is 0 Å². The van der Waals surface area contributed by atoms with Crippen LogP contribution in [0.4, 0.5) is 11.4 Å². The highest BCUT2D eigenvalue weighted by molar-refractivity contribution is 5.93. The van der Waals surface area contributed by atoms with E-state index in [4.69, 9.17) is 5.73 Å². The molecule has 1 aliphatic rings. The average molecular weight is 291 g/mol. The van der Waals surface area contributed by atoms with Gasteiger partial charge in [-0.2, -0.15) is 0 Å². The lowest BCUT2D eigenvalue weighted by molar-refractivity contribution is -0.118. The maximum absolute atomic E-state index is 12.2. The summed E-state index contributed by atoms with van der Waals surface area (Å²) in [4.78, 5) is 14.3. The number of carbonyl (C=O) groups is 1. The zero-order valence-corrected chi connectivity index (χ0v) is 12.6. The van der Waals surface area contributed by atoms with Gasteiger partial charge in [0.05, 0.1) is 13.2 Å². The highest BCUT2D eigenvalue weighted by atomic mass is 16.3. The van der Waals surface area contributed by atoms with Gasteiger partial charge in [-0.05, 0) is 43.5 Å². The van der Waals surface area contributed by atoms with Crippen molar-refractivity contribution in [2.45, 2.75) is 38.6 Å². The quantitative estimate of drug-likeness (QED) is 0.698. The highest BCUT2D eigenvalue weighted by Gasteiger charge is 2.24. The molecule has 2 rings (SSSR count). The Labute approximate surface area is 126 Å². The number of carbonyl (C=O) groups excluding carboxylic acids is 1. The molecule has 0 spiro atoms. The first-order valence-electron chi connectivity index (χ1n) is 7.61. The van der Waals surface area contributed by atoms with Crippen LogP contribution in [0.1, 0.15) is 31.2 Å². The van der Waals surface area contributed by atoms with Crippen LogP contribution in [0.3, 0.4) is 0 Å².